The van der Waals surface area contributed by atoms with Crippen LogP contribution in [0, 0.1) is 0 Å². The number of esters is 1. The van der Waals surface area contributed by atoms with Crippen molar-refractivity contribution in [2.24, 2.45) is 0 Å². The molecule has 3 aromatic carbocycles. The first-order valence-corrected chi connectivity index (χ1v) is 12.7. The van der Waals surface area contributed by atoms with Crippen LogP contribution in [0.25, 0.3) is 22.2 Å². The third-order valence-electron chi connectivity index (χ3n) is 6.21. The molecule has 186 valence electrons. The zero-order valence-corrected chi connectivity index (χ0v) is 21.2. The summed E-state index contributed by atoms with van der Waals surface area (Å²) in [5.74, 6) is 0.726. The first-order chi connectivity index (χ1) is 17.5. The molecule has 36 heavy (non-hydrogen) atoms. The predicted octanol–water partition coefficient (Wildman–Crippen LogP) is 6.62. The number of aryl methyl sites for hydroxylation is 1. The van der Waals surface area contributed by atoms with E-state index in [2.05, 4.69) is 41.1 Å². The van der Waals surface area contributed by atoms with Crippen LogP contribution in [0.3, 0.4) is 0 Å². The van der Waals surface area contributed by atoms with E-state index in [1.807, 2.05) is 50.2 Å². The molecule has 4 rings (SSSR count). The number of carbonyl (C=O) groups is 2. The van der Waals surface area contributed by atoms with E-state index in [4.69, 9.17) is 9.72 Å². The summed E-state index contributed by atoms with van der Waals surface area (Å²) >= 11 is 0. The fourth-order valence-corrected chi connectivity index (χ4v) is 4.30. The van der Waals surface area contributed by atoms with Crippen molar-refractivity contribution < 1.29 is 14.3 Å². The zero-order valence-electron chi connectivity index (χ0n) is 21.2. The number of rotatable bonds is 10. The van der Waals surface area contributed by atoms with Crippen LogP contribution in [0.2, 0.25) is 0 Å². The van der Waals surface area contributed by atoms with Gasteiger partial charge in [0.15, 0.2) is 0 Å². The molecular weight excluding hydrogens is 450 g/mol. The lowest BCUT2D eigenvalue weighted by atomic mass is 9.98. The number of unbranched alkanes of at least 4 members (excludes halogenated alkanes) is 1. The average Bonchev–Trinajstić information content (AvgIpc) is 3.24. The molecule has 0 saturated heterocycles. The number of nitrogens with zero attached hydrogens (tertiary/aromatic N) is 2. The van der Waals surface area contributed by atoms with Gasteiger partial charge in [-0.1, -0.05) is 62.7 Å². The Labute approximate surface area is 212 Å². The van der Waals surface area contributed by atoms with Crippen molar-refractivity contribution in [3.05, 3.63) is 83.7 Å². The zero-order chi connectivity index (χ0) is 25.5. The van der Waals surface area contributed by atoms with Crippen LogP contribution < -0.4 is 5.32 Å². The first kappa shape index (κ1) is 25.2. The summed E-state index contributed by atoms with van der Waals surface area (Å²) in [6.45, 7) is 6.87. The van der Waals surface area contributed by atoms with Crippen molar-refractivity contribution in [2.75, 3.05) is 11.9 Å². The Kier molecular flexibility index (Phi) is 8.16. The molecule has 0 bridgehead atoms. The first-order valence-electron chi connectivity index (χ1n) is 12.7. The average molecular weight is 484 g/mol. The maximum Gasteiger partial charge on any atom is 0.338 e. The molecule has 4 aromatic rings. The van der Waals surface area contributed by atoms with Gasteiger partial charge in [-0.3, -0.25) is 4.79 Å². The van der Waals surface area contributed by atoms with Crippen LogP contribution in [-0.4, -0.2) is 28.0 Å². The van der Waals surface area contributed by atoms with E-state index in [9.17, 15) is 9.59 Å². The molecule has 0 atom stereocenters. The molecule has 1 aromatic heterocycles. The smallest absolute Gasteiger partial charge is 0.338 e. The number of ether oxygens (including phenoxy) is 1. The third kappa shape index (κ3) is 5.65. The number of fused-ring (bicyclic) bond motifs is 1. The molecule has 0 fully saturated rings. The molecule has 0 aliphatic heterocycles. The highest BCUT2D eigenvalue weighted by atomic mass is 16.5. The summed E-state index contributed by atoms with van der Waals surface area (Å²) in [6, 6.07) is 21.8. The summed E-state index contributed by atoms with van der Waals surface area (Å²) in [7, 11) is 0. The number of anilines is 1. The van der Waals surface area contributed by atoms with Gasteiger partial charge >= 0.3 is 5.97 Å². The van der Waals surface area contributed by atoms with Crippen LogP contribution >= 0.6 is 0 Å². The highest BCUT2D eigenvalue weighted by Crippen LogP contribution is 2.27. The Morgan fingerprint density at radius 1 is 0.972 bits per heavy atom. The largest absolute Gasteiger partial charge is 0.462 e. The number of hydrogen-bond acceptors (Lipinski definition) is 4. The van der Waals surface area contributed by atoms with Crippen molar-refractivity contribution in [1.82, 2.24) is 9.55 Å². The maximum absolute atomic E-state index is 12.4. The quantitative estimate of drug-likeness (QED) is 0.257. The Bertz CT molecular complexity index is 1360. The molecule has 0 aliphatic rings. The summed E-state index contributed by atoms with van der Waals surface area (Å²) < 4.78 is 7.50. The molecule has 1 amide bonds. The van der Waals surface area contributed by atoms with Crippen LogP contribution in [0.15, 0.2) is 66.7 Å². The fraction of sp³-hybridized carbons (Fsp3) is 0.300. The molecule has 0 aliphatic carbocycles. The van der Waals surface area contributed by atoms with Crippen molar-refractivity contribution in [2.45, 2.75) is 53.0 Å². The Morgan fingerprint density at radius 3 is 2.47 bits per heavy atom. The summed E-state index contributed by atoms with van der Waals surface area (Å²) in [5.41, 5.74) is 6.25. The number of aromatic nitrogens is 2. The summed E-state index contributed by atoms with van der Waals surface area (Å²) in [6.07, 6.45) is 3.49. The number of amides is 1. The van der Waals surface area contributed by atoms with E-state index in [1.165, 1.54) is 0 Å². The highest BCUT2D eigenvalue weighted by molar-refractivity contribution is 5.97. The van der Waals surface area contributed by atoms with E-state index in [0.29, 0.717) is 25.1 Å². The minimum atomic E-state index is -0.308. The second-order valence-corrected chi connectivity index (χ2v) is 8.79. The Balaban J connectivity index is 1.63. The summed E-state index contributed by atoms with van der Waals surface area (Å²) in [5, 5.41) is 2.93. The number of benzene rings is 3. The van der Waals surface area contributed by atoms with E-state index in [-0.39, 0.29) is 11.9 Å². The molecule has 6 nitrogen and oxygen atoms in total. The minimum absolute atomic E-state index is 0.00962. The predicted molar refractivity (Wildman–Crippen MR) is 144 cm³/mol. The Morgan fingerprint density at radius 2 is 1.75 bits per heavy atom. The number of imidazole rings is 1. The molecule has 0 radical (unpaired) electrons. The number of hydrogen-bond donors (Lipinski definition) is 1. The normalized spacial score (nSPS) is 11.0. The molecule has 0 saturated carbocycles. The van der Waals surface area contributed by atoms with Crippen molar-refractivity contribution in [3.63, 3.8) is 0 Å². The molecule has 1 N–H and O–H groups in total. The third-order valence-corrected chi connectivity index (χ3v) is 6.21. The van der Waals surface area contributed by atoms with Gasteiger partial charge in [-0.05, 0) is 54.3 Å². The van der Waals surface area contributed by atoms with Gasteiger partial charge in [0, 0.05) is 25.1 Å². The number of nitrogens with one attached hydrogen (secondary N) is 1. The van der Waals surface area contributed by atoms with Crippen LogP contribution in [0.1, 0.15) is 61.8 Å². The topological polar surface area (TPSA) is 73.2 Å². The van der Waals surface area contributed by atoms with Gasteiger partial charge < -0.3 is 14.6 Å². The van der Waals surface area contributed by atoms with Crippen molar-refractivity contribution >= 4 is 28.6 Å². The second kappa shape index (κ2) is 11.7. The lowest BCUT2D eigenvalue weighted by molar-refractivity contribution is -0.115. The number of carbonyl (C=O) groups excluding carboxylic acids is 2. The SMILES string of the molecule is CCCCc1nc2cc(NC(=O)CC)ccc2n1Cc1ccc(-c2ccccc2C(=O)OCC)cc1. The van der Waals surface area contributed by atoms with Gasteiger partial charge in [0.1, 0.15) is 5.82 Å². The Hall–Kier alpha value is -3.93. The lowest BCUT2D eigenvalue weighted by Gasteiger charge is -2.12. The van der Waals surface area contributed by atoms with Gasteiger partial charge in [0.05, 0.1) is 23.2 Å². The standard InChI is InChI=1S/C30H33N3O3/c1-4-7-12-28-32-26-19-23(31-29(34)5-2)17-18-27(26)33(28)20-21-13-15-22(16-14-21)24-10-8-9-11-25(24)30(35)36-6-3/h8-11,13-19H,4-7,12,20H2,1-3H3,(H,31,34). The fourth-order valence-electron chi connectivity index (χ4n) is 4.30. The second-order valence-electron chi connectivity index (χ2n) is 8.79. The molecule has 0 spiro atoms. The van der Waals surface area contributed by atoms with E-state index in [1.54, 1.807) is 6.07 Å². The molecule has 6 heteroatoms. The monoisotopic (exact) mass is 483 g/mol. The van der Waals surface area contributed by atoms with E-state index in [0.717, 1.165) is 58.5 Å². The van der Waals surface area contributed by atoms with Gasteiger partial charge in [-0.2, -0.15) is 0 Å². The van der Waals surface area contributed by atoms with Gasteiger partial charge in [0.2, 0.25) is 5.91 Å². The van der Waals surface area contributed by atoms with Gasteiger partial charge in [0.25, 0.3) is 0 Å². The molecular formula is C30H33N3O3. The van der Waals surface area contributed by atoms with E-state index < -0.39 is 0 Å². The minimum Gasteiger partial charge on any atom is -0.462 e. The van der Waals surface area contributed by atoms with Crippen molar-refractivity contribution in [1.29, 1.82) is 0 Å². The van der Waals surface area contributed by atoms with Crippen LogP contribution in [-0.2, 0) is 22.5 Å². The van der Waals surface area contributed by atoms with E-state index >= 15 is 0 Å². The highest BCUT2D eigenvalue weighted by Gasteiger charge is 2.15. The summed E-state index contributed by atoms with van der Waals surface area (Å²) in [4.78, 5) is 29.2. The van der Waals surface area contributed by atoms with Crippen LogP contribution in [0.5, 0.6) is 0 Å². The molecule has 1 heterocycles. The van der Waals surface area contributed by atoms with Gasteiger partial charge in [-0.25, -0.2) is 9.78 Å². The van der Waals surface area contributed by atoms with Crippen molar-refractivity contribution in [3.8, 4) is 11.1 Å². The lowest BCUT2D eigenvalue weighted by Crippen LogP contribution is -2.09. The van der Waals surface area contributed by atoms with Crippen LogP contribution in [0.4, 0.5) is 5.69 Å². The molecule has 0 unspecified atom stereocenters. The van der Waals surface area contributed by atoms with Gasteiger partial charge in [-0.15, -0.1) is 0 Å². The maximum atomic E-state index is 12.4.